The molecule has 3 N–H and O–H groups in total. The highest BCUT2D eigenvalue weighted by Crippen LogP contribution is 2.14. The number of rotatable bonds is 5. The maximum absolute atomic E-state index is 11.8. The van der Waals surface area contributed by atoms with E-state index in [0.29, 0.717) is 12.5 Å². The molecule has 0 atom stereocenters. The van der Waals surface area contributed by atoms with Crippen LogP contribution >= 0.6 is 11.8 Å². The lowest BCUT2D eigenvalue weighted by molar-refractivity contribution is -0.121. The molecule has 0 aliphatic rings. The second-order valence-corrected chi connectivity index (χ2v) is 6.81. The Labute approximate surface area is 137 Å². The zero-order valence-corrected chi connectivity index (χ0v) is 14.8. The SMILES string of the molecule is CN=C(NCC(=O)NC(C)(C)C)NCc1ccc(SC)cc1. The van der Waals surface area contributed by atoms with Crippen LogP contribution in [0.15, 0.2) is 34.2 Å². The molecule has 5 nitrogen and oxygen atoms in total. The third-order valence-corrected chi connectivity index (χ3v) is 3.52. The van der Waals surface area contributed by atoms with Gasteiger partial charge in [0.15, 0.2) is 5.96 Å². The van der Waals surface area contributed by atoms with Gasteiger partial charge in [-0.05, 0) is 44.7 Å². The molecule has 0 unspecified atom stereocenters. The molecule has 1 rings (SSSR count). The minimum Gasteiger partial charge on any atom is -0.352 e. The number of thioether (sulfide) groups is 1. The fourth-order valence-corrected chi connectivity index (χ4v) is 2.18. The zero-order valence-electron chi connectivity index (χ0n) is 14.0. The summed E-state index contributed by atoms with van der Waals surface area (Å²) in [6, 6.07) is 8.35. The predicted octanol–water partition coefficient (Wildman–Crippen LogP) is 1.99. The lowest BCUT2D eigenvalue weighted by Crippen LogP contribution is -2.48. The van der Waals surface area contributed by atoms with Gasteiger partial charge in [-0.2, -0.15) is 0 Å². The van der Waals surface area contributed by atoms with Gasteiger partial charge >= 0.3 is 0 Å². The summed E-state index contributed by atoms with van der Waals surface area (Å²) in [5.41, 5.74) is 0.939. The molecule has 1 aromatic carbocycles. The van der Waals surface area contributed by atoms with Gasteiger partial charge in [-0.1, -0.05) is 12.1 Å². The van der Waals surface area contributed by atoms with Crippen molar-refractivity contribution in [3.05, 3.63) is 29.8 Å². The molecule has 0 heterocycles. The van der Waals surface area contributed by atoms with Crippen LogP contribution in [-0.2, 0) is 11.3 Å². The molecule has 1 aromatic rings. The zero-order chi connectivity index (χ0) is 16.6. The third kappa shape index (κ3) is 7.36. The fourth-order valence-electron chi connectivity index (χ4n) is 1.78. The van der Waals surface area contributed by atoms with E-state index < -0.39 is 0 Å². The van der Waals surface area contributed by atoms with Crippen LogP contribution in [-0.4, -0.2) is 37.3 Å². The van der Waals surface area contributed by atoms with Gasteiger partial charge < -0.3 is 16.0 Å². The molecule has 0 aliphatic heterocycles. The summed E-state index contributed by atoms with van der Waals surface area (Å²) in [6.45, 7) is 6.72. The summed E-state index contributed by atoms with van der Waals surface area (Å²) >= 11 is 1.72. The van der Waals surface area contributed by atoms with Gasteiger partial charge in [0.25, 0.3) is 0 Å². The van der Waals surface area contributed by atoms with E-state index in [2.05, 4.69) is 51.5 Å². The Bertz CT molecular complexity index is 506. The molecule has 0 saturated heterocycles. The van der Waals surface area contributed by atoms with E-state index in [-0.39, 0.29) is 18.0 Å². The fraction of sp³-hybridized carbons (Fsp3) is 0.500. The summed E-state index contributed by atoms with van der Waals surface area (Å²) in [6.07, 6.45) is 2.06. The lowest BCUT2D eigenvalue weighted by Gasteiger charge is -2.21. The van der Waals surface area contributed by atoms with E-state index in [9.17, 15) is 4.79 Å². The van der Waals surface area contributed by atoms with Gasteiger partial charge in [-0.3, -0.25) is 9.79 Å². The molecule has 0 aliphatic carbocycles. The molecule has 1 amide bonds. The van der Waals surface area contributed by atoms with Crippen LogP contribution < -0.4 is 16.0 Å². The van der Waals surface area contributed by atoms with E-state index in [1.54, 1.807) is 18.8 Å². The van der Waals surface area contributed by atoms with Crippen LogP contribution in [0, 0.1) is 0 Å². The van der Waals surface area contributed by atoms with Crippen molar-refractivity contribution in [3.8, 4) is 0 Å². The standard InChI is InChI=1S/C16H26N4OS/c1-16(2,3)20-14(21)11-19-15(17-4)18-10-12-6-8-13(22-5)9-7-12/h6-9H,10-11H2,1-5H3,(H,20,21)(H2,17,18,19). The van der Waals surface area contributed by atoms with Crippen LogP contribution in [0.3, 0.4) is 0 Å². The number of benzene rings is 1. The summed E-state index contributed by atoms with van der Waals surface area (Å²) in [5.74, 6) is 0.553. The van der Waals surface area contributed by atoms with E-state index >= 15 is 0 Å². The van der Waals surface area contributed by atoms with Crippen LogP contribution in [0.1, 0.15) is 26.3 Å². The molecular weight excluding hydrogens is 296 g/mol. The quantitative estimate of drug-likeness (QED) is 0.441. The summed E-state index contributed by atoms with van der Waals surface area (Å²) in [4.78, 5) is 17.1. The van der Waals surface area contributed by atoms with Crippen molar-refractivity contribution in [2.24, 2.45) is 4.99 Å². The molecule has 22 heavy (non-hydrogen) atoms. The summed E-state index contributed by atoms with van der Waals surface area (Å²) in [7, 11) is 1.69. The number of guanidine groups is 1. The van der Waals surface area contributed by atoms with Crippen LogP contribution in [0.2, 0.25) is 0 Å². The number of hydrogen-bond acceptors (Lipinski definition) is 3. The molecule has 6 heteroatoms. The molecule has 0 radical (unpaired) electrons. The van der Waals surface area contributed by atoms with Gasteiger partial charge in [-0.15, -0.1) is 11.8 Å². The molecule has 0 saturated carbocycles. The van der Waals surface area contributed by atoms with Crippen LogP contribution in [0.25, 0.3) is 0 Å². The van der Waals surface area contributed by atoms with E-state index in [4.69, 9.17) is 0 Å². The Morgan fingerprint density at radius 1 is 1.18 bits per heavy atom. The van der Waals surface area contributed by atoms with E-state index in [1.165, 1.54) is 10.5 Å². The second kappa shape index (κ2) is 8.68. The number of amides is 1. The third-order valence-electron chi connectivity index (χ3n) is 2.77. The van der Waals surface area contributed by atoms with Gasteiger partial charge in [0, 0.05) is 24.0 Å². The number of carbonyl (C=O) groups is 1. The first-order chi connectivity index (χ1) is 10.3. The van der Waals surface area contributed by atoms with Crippen molar-refractivity contribution < 1.29 is 4.79 Å². The topological polar surface area (TPSA) is 65.5 Å². The maximum Gasteiger partial charge on any atom is 0.239 e. The van der Waals surface area contributed by atoms with Crippen molar-refractivity contribution >= 4 is 23.6 Å². The van der Waals surface area contributed by atoms with E-state index in [0.717, 1.165) is 0 Å². The maximum atomic E-state index is 11.8. The minimum atomic E-state index is -0.227. The highest BCUT2D eigenvalue weighted by atomic mass is 32.2. The minimum absolute atomic E-state index is 0.0558. The van der Waals surface area contributed by atoms with E-state index in [1.807, 2.05) is 20.8 Å². The normalized spacial score (nSPS) is 12.0. The smallest absolute Gasteiger partial charge is 0.239 e. The number of aliphatic imine (C=N–C) groups is 1. The number of nitrogens with zero attached hydrogens (tertiary/aromatic N) is 1. The van der Waals surface area contributed by atoms with Gasteiger partial charge in [0.1, 0.15) is 0 Å². The molecule has 0 aromatic heterocycles. The first-order valence-corrected chi connectivity index (χ1v) is 8.45. The average Bonchev–Trinajstić information content (AvgIpc) is 2.46. The van der Waals surface area contributed by atoms with Crippen molar-refractivity contribution in [2.75, 3.05) is 19.8 Å². The van der Waals surface area contributed by atoms with Crippen molar-refractivity contribution in [1.29, 1.82) is 0 Å². The van der Waals surface area contributed by atoms with Crippen molar-refractivity contribution in [2.45, 2.75) is 37.8 Å². The van der Waals surface area contributed by atoms with Gasteiger partial charge in [0.2, 0.25) is 5.91 Å². The number of hydrogen-bond donors (Lipinski definition) is 3. The highest BCUT2D eigenvalue weighted by Gasteiger charge is 2.13. The lowest BCUT2D eigenvalue weighted by atomic mass is 10.1. The summed E-state index contributed by atoms with van der Waals surface area (Å²) < 4.78 is 0. The molecule has 0 fully saturated rings. The Morgan fingerprint density at radius 3 is 2.32 bits per heavy atom. The monoisotopic (exact) mass is 322 g/mol. The Hall–Kier alpha value is -1.69. The Morgan fingerprint density at radius 2 is 1.82 bits per heavy atom. The summed E-state index contributed by atoms with van der Waals surface area (Å²) in [5, 5.41) is 9.10. The second-order valence-electron chi connectivity index (χ2n) is 5.93. The molecule has 0 bridgehead atoms. The number of carbonyl (C=O) groups excluding carboxylic acids is 1. The molecule has 122 valence electrons. The Balaban J connectivity index is 2.40. The van der Waals surface area contributed by atoms with Gasteiger partial charge in [-0.25, -0.2) is 0 Å². The number of nitrogens with one attached hydrogen (secondary N) is 3. The largest absolute Gasteiger partial charge is 0.352 e. The van der Waals surface area contributed by atoms with Crippen molar-refractivity contribution in [1.82, 2.24) is 16.0 Å². The van der Waals surface area contributed by atoms with Crippen molar-refractivity contribution in [3.63, 3.8) is 0 Å². The molecular formula is C16H26N4OS. The van der Waals surface area contributed by atoms with Gasteiger partial charge in [0.05, 0.1) is 6.54 Å². The van der Waals surface area contributed by atoms with Crippen LogP contribution in [0.4, 0.5) is 0 Å². The van der Waals surface area contributed by atoms with Crippen LogP contribution in [0.5, 0.6) is 0 Å². The Kier molecular flexibility index (Phi) is 7.24. The molecule has 0 spiro atoms. The predicted molar refractivity (Wildman–Crippen MR) is 94.3 cm³/mol. The highest BCUT2D eigenvalue weighted by molar-refractivity contribution is 7.98. The first kappa shape index (κ1) is 18.4. The first-order valence-electron chi connectivity index (χ1n) is 7.22. The average molecular weight is 322 g/mol.